The standard InChI is InChI=1S/C62H114O6/c1-4-7-10-13-16-19-21-23-24-25-26-27-28-29-30-31-32-33-34-35-36-37-38-40-41-43-46-49-52-55-61(64)67-58-59(57-66-60(63)54-51-48-45-18-15-12-9-6-3)68-62(65)56-53-50-47-44-42-39-22-20-17-14-11-8-5-2/h11,14,20,22,25-26,59H,4-10,12-13,15-19,21,23-24,27-58H2,1-3H3/b14-11-,22-20-,26-25-. The van der Waals surface area contributed by atoms with E-state index in [0.717, 1.165) is 89.9 Å². The van der Waals surface area contributed by atoms with Gasteiger partial charge < -0.3 is 14.2 Å². The highest BCUT2D eigenvalue weighted by atomic mass is 16.6. The van der Waals surface area contributed by atoms with E-state index in [4.69, 9.17) is 14.2 Å². The summed E-state index contributed by atoms with van der Waals surface area (Å²) in [6, 6.07) is 0. The van der Waals surface area contributed by atoms with E-state index in [0.29, 0.717) is 19.3 Å². The van der Waals surface area contributed by atoms with Crippen molar-refractivity contribution in [3.05, 3.63) is 36.5 Å². The second-order valence-electron chi connectivity index (χ2n) is 20.3. The Hall–Kier alpha value is -2.37. The summed E-state index contributed by atoms with van der Waals surface area (Å²) in [6.07, 6.45) is 68.9. The third kappa shape index (κ3) is 54.6. The lowest BCUT2D eigenvalue weighted by molar-refractivity contribution is -0.167. The highest BCUT2D eigenvalue weighted by molar-refractivity contribution is 5.71. The van der Waals surface area contributed by atoms with Gasteiger partial charge in [0.25, 0.3) is 0 Å². The summed E-state index contributed by atoms with van der Waals surface area (Å²) in [5.74, 6) is -0.879. The molecule has 1 atom stereocenters. The van der Waals surface area contributed by atoms with Gasteiger partial charge in [-0.2, -0.15) is 0 Å². The predicted molar refractivity (Wildman–Crippen MR) is 293 cm³/mol. The lowest BCUT2D eigenvalue weighted by Crippen LogP contribution is -2.30. The van der Waals surface area contributed by atoms with Crippen molar-refractivity contribution < 1.29 is 28.6 Å². The van der Waals surface area contributed by atoms with Gasteiger partial charge in [-0.15, -0.1) is 0 Å². The van der Waals surface area contributed by atoms with Crippen LogP contribution in [0.3, 0.4) is 0 Å². The molecule has 0 aliphatic heterocycles. The van der Waals surface area contributed by atoms with Crippen molar-refractivity contribution in [1.29, 1.82) is 0 Å². The fourth-order valence-corrected chi connectivity index (χ4v) is 8.83. The largest absolute Gasteiger partial charge is 0.462 e. The number of carbonyl (C=O) groups is 3. The first kappa shape index (κ1) is 65.6. The quantitative estimate of drug-likeness (QED) is 0.0262. The van der Waals surface area contributed by atoms with Gasteiger partial charge in [0, 0.05) is 19.3 Å². The molecule has 0 aliphatic carbocycles. The van der Waals surface area contributed by atoms with E-state index >= 15 is 0 Å². The third-order valence-corrected chi connectivity index (χ3v) is 13.3. The van der Waals surface area contributed by atoms with Crippen LogP contribution < -0.4 is 0 Å². The number of carbonyl (C=O) groups excluding carboxylic acids is 3. The smallest absolute Gasteiger partial charge is 0.306 e. The minimum absolute atomic E-state index is 0.0741. The van der Waals surface area contributed by atoms with Crippen LogP contribution in [0.25, 0.3) is 0 Å². The van der Waals surface area contributed by atoms with Crippen molar-refractivity contribution >= 4 is 17.9 Å². The van der Waals surface area contributed by atoms with Gasteiger partial charge in [0.15, 0.2) is 6.10 Å². The van der Waals surface area contributed by atoms with Crippen LogP contribution in [0, 0.1) is 0 Å². The normalized spacial score (nSPS) is 12.2. The number of allylic oxidation sites excluding steroid dienone is 6. The van der Waals surface area contributed by atoms with Gasteiger partial charge >= 0.3 is 17.9 Å². The SMILES string of the molecule is CCC/C=C\C/C=C\CCCCCCCC(=O)OC(COC(=O)CCCCCCCCCC)COC(=O)CCCCCCCCCCCCCCCCCCC/C=C\CCCCCCCCCC. The zero-order chi connectivity index (χ0) is 49.3. The van der Waals surface area contributed by atoms with Crippen LogP contribution in [0.2, 0.25) is 0 Å². The Kier molecular flexibility index (Phi) is 55.2. The summed E-state index contributed by atoms with van der Waals surface area (Å²) in [6.45, 7) is 6.57. The maximum Gasteiger partial charge on any atom is 0.306 e. The van der Waals surface area contributed by atoms with Gasteiger partial charge in [-0.1, -0.05) is 269 Å². The van der Waals surface area contributed by atoms with Gasteiger partial charge in [-0.3, -0.25) is 14.4 Å². The van der Waals surface area contributed by atoms with Gasteiger partial charge in [-0.25, -0.2) is 0 Å². The van der Waals surface area contributed by atoms with Crippen molar-refractivity contribution in [1.82, 2.24) is 0 Å². The van der Waals surface area contributed by atoms with E-state index in [1.807, 2.05) is 0 Å². The zero-order valence-corrected chi connectivity index (χ0v) is 45.6. The maximum atomic E-state index is 12.8. The van der Waals surface area contributed by atoms with Crippen LogP contribution in [-0.4, -0.2) is 37.2 Å². The molecule has 398 valence electrons. The lowest BCUT2D eigenvalue weighted by Gasteiger charge is -2.18. The number of hydrogen-bond donors (Lipinski definition) is 0. The number of esters is 3. The Morgan fingerprint density at radius 2 is 0.559 bits per heavy atom. The summed E-state index contributed by atoms with van der Waals surface area (Å²) in [4.78, 5) is 37.9. The van der Waals surface area contributed by atoms with Crippen LogP contribution in [0.1, 0.15) is 323 Å². The second kappa shape index (κ2) is 57.2. The molecule has 0 bridgehead atoms. The Morgan fingerprint density at radius 1 is 0.294 bits per heavy atom. The summed E-state index contributed by atoms with van der Waals surface area (Å²) in [7, 11) is 0. The molecular weight excluding hydrogens is 841 g/mol. The van der Waals surface area contributed by atoms with E-state index in [9.17, 15) is 14.4 Å². The van der Waals surface area contributed by atoms with Crippen molar-refractivity contribution in [2.75, 3.05) is 13.2 Å². The van der Waals surface area contributed by atoms with E-state index in [1.54, 1.807) is 0 Å². The van der Waals surface area contributed by atoms with Crippen molar-refractivity contribution in [2.24, 2.45) is 0 Å². The Balaban J connectivity index is 4.03. The minimum Gasteiger partial charge on any atom is -0.462 e. The van der Waals surface area contributed by atoms with Crippen LogP contribution in [-0.2, 0) is 28.6 Å². The van der Waals surface area contributed by atoms with E-state index in [-0.39, 0.29) is 31.1 Å². The zero-order valence-electron chi connectivity index (χ0n) is 45.6. The monoisotopic (exact) mass is 955 g/mol. The molecule has 6 heteroatoms. The molecule has 0 heterocycles. The van der Waals surface area contributed by atoms with Crippen molar-refractivity contribution in [2.45, 2.75) is 329 Å². The van der Waals surface area contributed by atoms with Crippen LogP contribution in [0.5, 0.6) is 0 Å². The van der Waals surface area contributed by atoms with Gasteiger partial charge in [0.05, 0.1) is 0 Å². The molecule has 0 saturated carbocycles. The molecule has 0 N–H and O–H groups in total. The van der Waals surface area contributed by atoms with Crippen molar-refractivity contribution in [3.8, 4) is 0 Å². The summed E-state index contributed by atoms with van der Waals surface area (Å²) >= 11 is 0. The Morgan fingerprint density at radius 3 is 0.882 bits per heavy atom. The van der Waals surface area contributed by atoms with Gasteiger partial charge in [0.2, 0.25) is 0 Å². The lowest BCUT2D eigenvalue weighted by atomic mass is 10.0. The van der Waals surface area contributed by atoms with E-state index in [2.05, 4.69) is 57.2 Å². The third-order valence-electron chi connectivity index (χ3n) is 13.3. The average Bonchev–Trinajstić information content (AvgIpc) is 3.34. The van der Waals surface area contributed by atoms with E-state index in [1.165, 1.54) is 193 Å². The Labute approximate surface area is 423 Å². The molecule has 0 amide bonds. The highest BCUT2D eigenvalue weighted by Gasteiger charge is 2.19. The summed E-state index contributed by atoms with van der Waals surface area (Å²) in [5, 5.41) is 0. The van der Waals surface area contributed by atoms with Crippen LogP contribution in [0.4, 0.5) is 0 Å². The topological polar surface area (TPSA) is 78.9 Å². The molecule has 0 radical (unpaired) electrons. The van der Waals surface area contributed by atoms with Crippen molar-refractivity contribution in [3.63, 3.8) is 0 Å². The first-order valence-corrected chi connectivity index (χ1v) is 30.0. The van der Waals surface area contributed by atoms with Gasteiger partial charge in [-0.05, 0) is 70.6 Å². The first-order chi connectivity index (χ1) is 33.5. The average molecular weight is 956 g/mol. The molecule has 0 aromatic heterocycles. The van der Waals surface area contributed by atoms with Gasteiger partial charge in [0.1, 0.15) is 13.2 Å². The number of hydrogen-bond acceptors (Lipinski definition) is 6. The fourth-order valence-electron chi connectivity index (χ4n) is 8.83. The molecule has 6 nitrogen and oxygen atoms in total. The highest BCUT2D eigenvalue weighted by Crippen LogP contribution is 2.17. The van der Waals surface area contributed by atoms with E-state index < -0.39 is 6.10 Å². The molecule has 0 rings (SSSR count). The molecule has 0 aliphatic rings. The van der Waals surface area contributed by atoms with Crippen LogP contribution >= 0.6 is 0 Å². The fraction of sp³-hybridized carbons (Fsp3) is 0.855. The van der Waals surface area contributed by atoms with Crippen LogP contribution in [0.15, 0.2) is 36.5 Å². The number of rotatable bonds is 55. The molecule has 0 fully saturated rings. The summed E-state index contributed by atoms with van der Waals surface area (Å²) in [5.41, 5.74) is 0. The second-order valence-corrected chi connectivity index (χ2v) is 20.3. The molecular formula is C62H114O6. The number of unbranched alkanes of at least 4 members (excludes halogenated alkanes) is 38. The molecule has 1 unspecified atom stereocenters. The molecule has 0 aromatic rings. The first-order valence-electron chi connectivity index (χ1n) is 30.0. The predicted octanol–water partition coefficient (Wildman–Crippen LogP) is 20.0. The molecule has 0 saturated heterocycles. The molecule has 0 spiro atoms. The minimum atomic E-state index is -0.774. The Bertz CT molecular complexity index is 1140. The summed E-state index contributed by atoms with van der Waals surface area (Å²) < 4.78 is 16.8. The number of ether oxygens (including phenoxy) is 3. The molecule has 68 heavy (non-hydrogen) atoms. The maximum absolute atomic E-state index is 12.8. The molecule has 0 aromatic carbocycles.